The number of morpholine rings is 1. The number of carboxylic acid groups (broad SMARTS) is 1. The van der Waals surface area contributed by atoms with E-state index in [1.54, 1.807) is 26.2 Å². The minimum atomic E-state index is -1.37. The molecule has 250 valence electrons. The van der Waals surface area contributed by atoms with Crippen molar-refractivity contribution < 1.29 is 39.2 Å². The molecule has 3 saturated carbocycles. The summed E-state index contributed by atoms with van der Waals surface area (Å²) in [6.07, 6.45) is -0.279. The van der Waals surface area contributed by atoms with Gasteiger partial charge in [-0.2, -0.15) is 5.06 Å². The predicted molar refractivity (Wildman–Crippen MR) is 171 cm³/mol. The number of benzene rings is 2. The van der Waals surface area contributed by atoms with Gasteiger partial charge in [0.05, 0.1) is 44.5 Å². The normalized spacial score (nSPS) is 31.2. The van der Waals surface area contributed by atoms with Crippen molar-refractivity contribution in [3.63, 3.8) is 0 Å². The van der Waals surface area contributed by atoms with Gasteiger partial charge in [-0.3, -0.25) is 9.63 Å². The Morgan fingerprint density at radius 3 is 2.52 bits per heavy atom. The molecular formula is C35H47N3O8. The van der Waals surface area contributed by atoms with Crippen molar-refractivity contribution in [2.24, 2.45) is 29.1 Å². The number of carbonyl (C=O) groups excluding carboxylic acids is 1. The van der Waals surface area contributed by atoms with Crippen LogP contribution in [0.1, 0.15) is 56.5 Å². The van der Waals surface area contributed by atoms with Crippen molar-refractivity contribution >= 4 is 17.6 Å². The van der Waals surface area contributed by atoms with E-state index in [2.05, 4.69) is 31.0 Å². The number of fused-ring (bicyclic) bond motifs is 2. The number of amides is 1. The molecule has 2 bridgehead atoms. The minimum Gasteiger partial charge on any atom is -0.496 e. The van der Waals surface area contributed by atoms with Gasteiger partial charge in [0.25, 0.3) is 0 Å². The van der Waals surface area contributed by atoms with Crippen LogP contribution in [0.25, 0.3) is 11.1 Å². The van der Waals surface area contributed by atoms with Crippen LogP contribution in [-0.4, -0.2) is 90.2 Å². The number of anilines is 1. The number of hydrogen-bond acceptors (Lipinski definition) is 9. The van der Waals surface area contributed by atoms with Gasteiger partial charge in [0, 0.05) is 35.9 Å². The average Bonchev–Trinajstić information content (AvgIpc) is 3.37. The first-order valence-corrected chi connectivity index (χ1v) is 16.4. The maximum atomic E-state index is 14.0. The molecule has 7 rings (SSSR count). The van der Waals surface area contributed by atoms with Gasteiger partial charge in [-0.05, 0) is 66.7 Å². The highest BCUT2D eigenvalue weighted by Crippen LogP contribution is 2.61. The van der Waals surface area contributed by atoms with Gasteiger partial charge in [0.1, 0.15) is 11.8 Å². The first-order chi connectivity index (χ1) is 21.9. The van der Waals surface area contributed by atoms with Crippen LogP contribution < -0.4 is 15.0 Å². The lowest BCUT2D eigenvalue weighted by Crippen LogP contribution is -2.62. The summed E-state index contributed by atoms with van der Waals surface area (Å²) in [7, 11) is 1.55. The summed E-state index contributed by atoms with van der Waals surface area (Å²) in [5, 5.41) is 36.2. The molecule has 1 amide bonds. The number of ether oxygens (including phenoxy) is 2. The molecule has 0 spiro atoms. The predicted octanol–water partition coefficient (Wildman–Crippen LogP) is 3.52. The lowest BCUT2D eigenvalue weighted by Gasteiger charge is -2.62. The monoisotopic (exact) mass is 637 g/mol. The number of hydroxylamine groups is 2. The third-order valence-corrected chi connectivity index (χ3v) is 11.2. The summed E-state index contributed by atoms with van der Waals surface area (Å²) in [5.74, 6) is -0.254. The van der Waals surface area contributed by atoms with Crippen LogP contribution in [0.5, 0.6) is 5.75 Å². The molecule has 2 aromatic rings. The number of rotatable bonds is 9. The molecule has 1 unspecified atom stereocenters. The van der Waals surface area contributed by atoms with Crippen molar-refractivity contribution in [3.05, 3.63) is 47.5 Å². The molecule has 5 aliphatic rings. The zero-order valence-electron chi connectivity index (χ0n) is 27.3. The number of aliphatic hydroxyl groups is 2. The average molecular weight is 638 g/mol. The number of carbonyl (C=O) groups is 2. The number of nitrogens with one attached hydrogen (secondary N) is 1. The van der Waals surface area contributed by atoms with Gasteiger partial charge in [-0.1, -0.05) is 39.0 Å². The largest absolute Gasteiger partial charge is 0.496 e. The fourth-order valence-electron chi connectivity index (χ4n) is 8.41. The van der Waals surface area contributed by atoms with Crippen LogP contribution in [0.4, 0.5) is 5.69 Å². The van der Waals surface area contributed by atoms with E-state index < -0.39 is 30.3 Å². The van der Waals surface area contributed by atoms with Crippen molar-refractivity contribution in [1.82, 2.24) is 10.4 Å². The lowest BCUT2D eigenvalue weighted by atomic mass is 9.45. The second-order valence-corrected chi connectivity index (χ2v) is 14.1. The van der Waals surface area contributed by atoms with Crippen LogP contribution in [0.15, 0.2) is 36.4 Å². The zero-order chi connectivity index (χ0) is 32.9. The van der Waals surface area contributed by atoms with Crippen molar-refractivity contribution in [2.45, 2.75) is 71.6 Å². The number of methoxy groups -OCH3 is 1. The highest BCUT2D eigenvalue weighted by Gasteiger charge is 2.57. The summed E-state index contributed by atoms with van der Waals surface area (Å²) in [4.78, 5) is 34.1. The van der Waals surface area contributed by atoms with Crippen molar-refractivity contribution in [2.75, 3.05) is 38.3 Å². The smallest absolute Gasteiger partial charge is 0.335 e. The summed E-state index contributed by atoms with van der Waals surface area (Å²) in [5.41, 5.74) is 3.25. The number of carboxylic acids is 1. The highest BCUT2D eigenvalue weighted by atomic mass is 16.8. The van der Waals surface area contributed by atoms with Gasteiger partial charge in [0.2, 0.25) is 5.91 Å². The van der Waals surface area contributed by atoms with E-state index in [9.17, 15) is 24.9 Å². The zero-order valence-corrected chi connectivity index (χ0v) is 27.3. The summed E-state index contributed by atoms with van der Waals surface area (Å²) < 4.78 is 11.4. The quantitative estimate of drug-likeness (QED) is 0.323. The molecule has 46 heavy (non-hydrogen) atoms. The van der Waals surface area contributed by atoms with Crippen molar-refractivity contribution in [3.8, 4) is 16.9 Å². The fraction of sp³-hybridized carbons (Fsp3) is 0.600. The maximum Gasteiger partial charge on any atom is 0.335 e. The standard InChI is InChI=1S/C35H47N3O8/c1-19-27-16-24(35(27,3)4)17-28(19)36-32(40)30-29(20(2)39)34(43)46-38(30)18-21-7-6-8-26(31(21)44-5)22-13-23(33(41)42)15-25(14-22)37-9-11-45-12-10-37/h6-8,13-15,19-20,24,27-30,34,39,43H,9-12,16-18H2,1-5H3,(H,36,40)(H,41,42)/t19-,20-,24+,27-,28-,29-,30-,34?/m0/s1. The Morgan fingerprint density at radius 1 is 1.15 bits per heavy atom. The highest BCUT2D eigenvalue weighted by molar-refractivity contribution is 5.92. The first kappa shape index (κ1) is 32.7. The van der Waals surface area contributed by atoms with Crippen LogP contribution >= 0.6 is 0 Å². The number of para-hydroxylation sites is 1. The first-order valence-electron chi connectivity index (χ1n) is 16.4. The molecule has 2 aliphatic heterocycles. The number of nitrogens with zero attached hydrogens (tertiary/aromatic N) is 2. The van der Waals surface area contributed by atoms with E-state index in [1.165, 1.54) is 11.5 Å². The molecule has 11 nitrogen and oxygen atoms in total. The van der Waals surface area contributed by atoms with Crippen LogP contribution in [0.2, 0.25) is 0 Å². The molecule has 0 radical (unpaired) electrons. The summed E-state index contributed by atoms with van der Waals surface area (Å²) in [6, 6.07) is 9.89. The number of aliphatic hydroxyl groups excluding tert-OH is 2. The van der Waals surface area contributed by atoms with Crippen LogP contribution in [0, 0.1) is 29.1 Å². The Bertz CT molecular complexity index is 1460. The molecule has 3 aliphatic carbocycles. The van der Waals surface area contributed by atoms with Gasteiger partial charge < -0.3 is 35.0 Å². The maximum absolute atomic E-state index is 14.0. The Balaban J connectivity index is 1.29. The Labute approximate surface area is 270 Å². The Morgan fingerprint density at radius 2 is 1.89 bits per heavy atom. The van der Waals surface area contributed by atoms with Gasteiger partial charge in [0.15, 0.2) is 6.29 Å². The van der Waals surface area contributed by atoms with Crippen molar-refractivity contribution in [1.29, 1.82) is 0 Å². The molecule has 2 aromatic carbocycles. The van der Waals surface area contributed by atoms with E-state index in [-0.39, 0.29) is 29.5 Å². The fourth-order valence-corrected chi connectivity index (χ4v) is 8.41. The minimum absolute atomic E-state index is 0.0126. The third-order valence-electron chi connectivity index (χ3n) is 11.2. The molecule has 2 heterocycles. The van der Waals surface area contributed by atoms with Gasteiger partial charge in [-0.15, -0.1) is 0 Å². The molecule has 11 heteroatoms. The second-order valence-electron chi connectivity index (χ2n) is 14.1. The summed E-state index contributed by atoms with van der Waals surface area (Å²) >= 11 is 0. The molecule has 8 atom stereocenters. The topological polar surface area (TPSA) is 141 Å². The third kappa shape index (κ3) is 5.88. The second kappa shape index (κ2) is 12.8. The van der Waals surface area contributed by atoms with E-state index >= 15 is 0 Å². The summed E-state index contributed by atoms with van der Waals surface area (Å²) in [6.45, 7) is 10.9. The molecule has 5 fully saturated rings. The molecule has 4 N–H and O–H groups in total. The lowest BCUT2D eigenvalue weighted by molar-refractivity contribution is -0.231. The van der Waals surface area contributed by atoms with Crippen LogP contribution in [0.3, 0.4) is 0 Å². The van der Waals surface area contributed by atoms with Gasteiger partial charge >= 0.3 is 5.97 Å². The SMILES string of the molecule is COc1c(CN2OC(O)[C@@H]([C@H](C)O)[C@H]2C(=O)N[C@H]2C[C@H]3C[C@@H]([C@@H]2C)C3(C)C)cccc1-c1cc(C(=O)O)cc(N2CCOCC2)c1. The van der Waals surface area contributed by atoms with Crippen LogP contribution in [-0.2, 0) is 20.9 Å². The Hall–Kier alpha value is -3.22. The Kier molecular flexibility index (Phi) is 9.08. The van der Waals surface area contributed by atoms with E-state index in [1.807, 2.05) is 24.3 Å². The van der Waals surface area contributed by atoms with E-state index in [0.29, 0.717) is 66.5 Å². The number of aromatic carboxylic acids is 1. The van der Waals surface area contributed by atoms with E-state index in [0.717, 1.165) is 12.1 Å². The molecule has 0 aromatic heterocycles. The number of hydrogen-bond donors (Lipinski definition) is 4. The van der Waals surface area contributed by atoms with E-state index in [4.69, 9.17) is 14.3 Å². The molecular weight excluding hydrogens is 590 g/mol. The molecule has 2 saturated heterocycles. The van der Waals surface area contributed by atoms with Gasteiger partial charge in [-0.25, -0.2) is 4.79 Å².